The van der Waals surface area contributed by atoms with Crippen molar-refractivity contribution in [3.63, 3.8) is 0 Å². The fourth-order valence-corrected chi connectivity index (χ4v) is 3.14. The van der Waals surface area contributed by atoms with Gasteiger partial charge in [-0.3, -0.25) is 0 Å². The highest BCUT2D eigenvalue weighted by molar-refractivity contribution is 7.25. The molecule has 0 aliphatic rings. The Morgan fingerprint density at radius 2 is 1.68 bits per heavy atom. The average molecular weight is 271 g/mol. The SMILES string of the molecule is O[B]Oc1ccc2sc3ccc(B(O)O)cc3c2c1. The van der Waals surface area contributed by atoms with Gasteiger partial charge < -0.3 is 19.7 Å². The molecule has 0 atom stereocenters. The van der Waals surface area contributed by atoms with Crippen LogP contribution in [0.2, 0.25) is 0 Å². The summed E-state index contributed by atoms with van der Waals surface area (Å²) >= 11 is 1.62. The van der Waals surface area contributed by atoms with Gasteiger partial charge in [0.05, 0.1) is 0 Å². The van der Waals surface area contributed by atoms with Crippen molar-refractivity contribution in [2.45, 2.75) is 0 Å². The molecule has 0 amide bonds. The van der Waals surface area contributed by atoms with Crippen LogP contribution in [-0.2, 0) is 0 Å². The Bertz CT molecular complexity index is 741. The van der Waals surface area contributed by atoms with E-state index in [0.717, 1.165) is 20.2 Å². The van der Waals surface area contributed by atoms with Crippen molar-refractivity contribution in [2.24, 2.45) is 0 Å². The van der Waals surface area contributed by atoms with Crippen LogP contribution >= 0.6 is 11.3 Å². The van der Waals surface area contributed by atoms with Crippen LogP contribution in [0.4, 0.5) is 0 Å². The molecule has 0 aliphatic heterocycles. The molecule has 0 saturated carbocycles. The maximum Gasteiger partial charge on any atom is 0.569 e. The molecule has 1 radical (unpaired) electrons. The Morgan fingerprint density at radius 1 is 1.00 bits per heavy atom. The van der Waals surface area contributed by atoms with Crippen molar-refractivity contribution < 1.29 is 19.7 Å². The van der Waals surface area contributed by atoms with Crippen molar-refractivity contribution in [1.82, 2.24) is 0 Å². The van der Waals surface area contributed by atoms with Gasteiger partial charge in [-0.2, -0.15) is 0 Å². The van der Waals surface area contributed by atoms with Crippen LogP contribution in [-0.4, -0.2) is 29.9 Å². The number of hydrogen-bond donors (Lipinski definition) is 3. The lowest BCUT2D eigenvalue weighted by Crippen LogP contribution is -2.29. The first kappa shape index (κ1) is 12.5. The highest BCUT2D eigenvalue weighted by Crippen LogP contribution is 2.35. The Kier molecular flexibility index (Phi) is 3.20. The van der Waals surface area contributed by atoms with Crippen molar-refractivity contribution >= 4 is 51.8 Å². The molecule has 19 heavy (non-hydrogen) atoms. The lowest BCUT2D eigenvalue weighted by molar-refractivity contribution is 0.426. The van der Waals surface area contributed by atoms with Crippen LogP contribution < -0.4 is 10.1 Å². The number of hydrogen-bond acceptors (Lipinski definition) is 5. The van der Waals surface area contributed by atoms with Gasteiger partial charge in [0.1, 0.15) is 5.75 Å². The third-order valence-corrected chi connectivity index (χ3v) is 4.10. The second-order valence-corrected chi connectivity index (χ2v) is 5.20. The zero-order valence-corrected chi connectivity index (χ0v) is 10.6. The largest absolute Gasteiger partial charge is 0.569 e. The van der Waals surface area contributed by atoms with E-state index in [2.05, 4.69) is 0 Å². The molecule has 2 aromatic carbocycles. The molecule has 3 aromatic rings. The second-order valence-electron chi connectivity index (χ2n) is 4.11. The molecule has 0 unspecified atom stereocenters. The maximum absolute atomic E-state index is 9.23. The quantitative estimate of drug-likeness (QED) is 0.611. The molecular formula is C12H9B2O4S. The topological polar surface area (TPSA) is 69.9 Å². The van der Waals surface area contributed by atoms with E-state index in [0.29, 0.717) is 18.9 Å². The first-order chi connectivity index (χ1) is 9.19. The minimum absolute atomic E-state index is 0.451. The monoisotopic (exact) mass is 271 g/mol. The summed E-state index contributed by atoms with van der Waals surface area (Å²) in [7, 11) is -0.844. The van der Waals surface area contributed by atoms with Gasteiger partial charge in [-0.1, -0.05) is 12.1 Å². The molecule has 0 bridgehead atoms. The standard InChI is InChI=1S/C12H9B2O4S/c15-13-18-8-2-4-12-10(6-8)9-5-7(14(16)17)1-3-11(9)19-12/h1-6,15-17H. The van der Waals surface area contributed by atoms with Gasteiger partial charge in [0.2, 0.25) is 0 Å². The molecule has 0 aliphatic carbocycles. The lowest BCUT2D eigenvalue weighted by Gasteiger charge is -2.02. The van der Waals surface area contributed by atoms with Gasteiger partial charge in [0.25, 0.3) is 0 Å². The summed E-state index contributed by atoms with van der Waals surface area (Å²) in [6, 6.07) is 10.8. The van der Waals surface area contributed by atoms with Gasteiger partial charge in [-0.15, -0.1) is 11.3 Å². The minimum atomic E-state index is -1.48. The normalized spacial score (nSPS) is 10.9. The Hall–Kier alpha value is -1.53. The van der Waals surface area contributed by atoms with E-state index >= 15 is 0 Å². The Balaban J connectivity index is 2.25. The zero-order valence-electron chi connectivity index (χ0n) is 9.78. The number of fused-ring (bicyclic) bond motifs is 3. The maximum atomic E-state index is 9.23. The zero-order chi connectivity index (χ0) is 13.4. The predicted octanol–water partition coefficient (Wildman–Crippen LogP) is 0.640. The van der Waals surface area contributed by atoms with Gasteiger partial charge in [0.15, 0.2) is 0 Å². The van der Waals surface area contributed by atoms with Crippen LogP contribution in [0.15, 0.2) is 36.4 Å². The third kappa shape index (κ3) is 2.21. The van der Waals surface area contributed by atoms with E-state index < -0.39 is 7.12 Å². The fourth-order valence-electron chi connectivity index (χ4n) is 2.07. The molecule has 7 heteroatoms. The lowest BCUT2D eigenvalue weighted by atomic mass is 9.80. The molecule has 3 N–H and O–H groups in total. The number of rotatable bonds is 3. The van der Waals surface area contributed by atoms with Crippen LogP contribution in [0.25, 0.3) is 20.2 Å². The van der Waals surface area contributed by atoms with E-state index in [1.54, 1.807) is 29.5 Å². The smallest absolute Gasteiger partial charge is 0.537 e. The molecule has 0 fully saturated rings. The van der Waals surface area contributed by atoms with Gasteiger partial charge in [-0.05, 0) is 29.7 Å². The van der Waals surface area contributed by atoms with E-state index in [1.807, 2.05) is 18.2 Å². The highest BCUT2D eigenvalue weighted by atomic mass is 32.1. The van der Waals surface area contributed by atoms with E-state index in [9.17, 15) is 10.0 Å². The molecule has 1 aromatic heterocycles. The van der Waals surface area contributed by atoms with Crippen molar-refractivity contribution in [3.8, 4) is 5.75 Å². The average Bonchev–Trinajstić information content (AvgIpc) is 2.76. The fraction of sp³-hybridized carbons (Fsp3) is 0. The highest BCUT2D eigenvalue weighted by Gasteiger charge is 2.13. The molecule has 0 spiro atoms. The summed E-state index contributed by atoms with van der Waals surface area (Å²) in [6.45, 7) is 0. The summed E-state index contributed by atoms with van der Waals surface area (Å²) in [4.78, 5) is 0. The summed E-state index contributed by atoms with van der Waals surface area (Å²) in [5.41, 5.74) is 0.451. The van der Waals surface area contributed by atoms with Crippen molar-refractivity contribution in [2.75, 3.05) is 0 Å². The van der Waals surface area contributed by atoms with Crippen molar-refractivity contribution in [1.29, 1.82) is 0 Å². The summed E-state index contributed by atoms with van der Waals surface area (Å²) in [5, 5.41) is 29.0. The third-order valence-electron chi connectivity index (χ3n) is 2.95. The summed E-state index contributed by atoms with van der Waals surface area (Å²) < 4.78 is 7.08. The van der Waals surface area contributed by atoms with Crippen LogP contribution in [0, 0.1) is 0 Å². The Labute approximate surface area is 114 Å². The van der Waals surface area contributed by atoms with E-state index in [4.69, 9.17) is 9.68 Å². The first-order valence-corrected chi connectivity index (χ1v) is 6.45. The van der Waals surface area contributed by atoms with Crippen LogP contribution in [0.1, 0.15) is 0 Å². The minimum Gasteiger partial charge on any atom is -0.537 e. The summed E-state index contributed by atoms with van der Waals surface area (Å²) in [5.74, 6) is 0.532. The predicted molar refractivity (Wildman–Crippen MR) is 77.8 cm³/mol. The molecule has 0 saturated heterocycles. The van der Waals surface area contributed by atoms with Gasteiger partial charge >= 0.3 is 14.8 Å². The molecule has 4 nitrogen and oxygen atoms in total. The molecule has 93 valence electrons. The van der Waals surface area contributed by atoms with Gasteiger partial charge in [0, 0.05) is 20.2 Å². The van der Waals surface area contributed by atoms with Crippen LogP contribution in [0.3, 0.4) is 0 Å². The molecule has 3 rings (SSSR count). The van der Waals surface area contributed by atoms with Crippen LogP contribution in [0.5, 0.6) is 5.75 Å². The van der Waals surface area contributed by atoms with Gasteiger partial charge in [-0.25, -0.2) is 0 Å². The number of thiophene rings is 1. The molecule has 1 heterocycles. The van der Waals surface area contributed by atoms with E-state index in [1.165, 1.54) is 0 Å². The van der Waals surface area contributed by atoms with E-state index in [-0.39, 0.29) is 0 Å². The number of benzene rings is 2. The molecular weight excluding hydrogens is 262 g/mol. The second kappa shape index (κ2) is 4.86. The summed E-state index contributed by atoms with van der Waals surface area (Å²) in [6.07, 6.45) is 0. The Morgan fingerprint density at radius 3 is 2.37 bits per heavy atom. The van der Waals surface area contributed by atoms with Crippen molar-refractivity contribution in [3.05, 3.63) is 36.4 Å². The first-order valence-electron chi connectivity index (χ1n) is 5.64.